The van der Waals surface area contributed by atoms with Crippen molar-refractivity contribution in [2.24, 2.45) is 0 Å². The molecule has 4 rings (SSSR count). The molecule has 1 saturated carbocycles. The summed E-state index contributed by atoms with van der Waals surface area (Å²) >= 11 is 5.35. The van der Waals surface area contributed by atoms with Gasteiger partial charge in [-0.3, -0.25) is 14.3 Å². The van der Waals surface area contributed by atoms with Crippen LogP contribution in [0.3, 0.4) is 0 Å². The van der Waals surface area contributed by atoms with Crippen molar-refractivity contribution in [1.29, 1.82) is 0 Å². The van der Waals surface area contributed by atoms with Crippen molar-refractivity contribution in [1.82, 2.24) is 14.5 Å². The molecular formula is C19H17N3O4S. The molecule has 0 amide bonds. The zero-order valence-electron chi connectivity index (χ0n) is 14.8. The fourth-order valence-corrected chi connectivity index (χ4v) is 3.45. The molecule has 2 heterocycles. The molecule has 1 aromatic carbocycles. The fraction of sp³-hybridized carbons (Fsp3) is 0.263. The summed E-state index contributed by atoms with van der Waals surface area (Å²) in [5, 5.41) is 0.189. The first-order valence-electron chi connectivity index (χ1n) is 8.45. The van der Waals surface area contributed by atoms with Crippen LogP contribution in [0.5, 0.6) is 5.75 Å². The Morgan fingerprint density at radius 1 is 1.30 bits per heavy atom. The average molecular weight is 383 g/mol. The molecule has 0 unspecified atom stereocenters. The number of aromatic nitrogens is 3. The van der Waals surface area contributed by atoms with E-state index in [2.05, 4.69) is 4.98 Å². The summed E-state index contributed by atoms with van der Waals surface area (Å²) in [6.07, 6.45) is 1.90. The first-order chi connectivity index (χ1) is 13.0. The van der Waals surface area contributed by atoms with Crippen molar-refractivity contribution in [3.05, 3.63) is 51.0 Å². The van der Waals surface area contributed by atoms with Crippen LogP contribution in [0.15, 0.2) is 35.1 Å². The Kier molecular flexibility index (Phi) is 4.27. The lowest BCUT2D eigenvalue weighted by Gasteiger charge is -2.13. The molecule has 1 aliphatic carbocycles. The van der Waals surface area contributed by atoms with E-state index in [-0.39, 0.29) is 17.0 Å². The largest absolute Gasteiger partial charge is 0.497 e. The number of benzene rings is 1. The second-order valence-corrected chi connectivity index (χ2v) is 6.72. The molecule has 1 aliphatic rings. The molecule has 0 radical (unpaired) electrons. The molecule has 3 aromatic rings. The molecule has 0 bridgehead atoms. The van der Waals surface area contributed by atoms with Gasteiger partial charge in [0.1, 0.15) is 11.4 Å². The molecule has 0 aliphatic heterocycles. The number of ether oxygens (including phenoxy) is 2. The van der Waals surface area contributed by atoms with Crippen LogP contribution >= 0.6 is 12.2 Å². The number of H-pyrrole nitrogens is 1. The van der Waals surface area contributed by atoms with Gasteiger partial charge in [0, 0.05) is 11.6 Å². The highest BCUT2D eigenvalue weighted by Crippen LogP contribution is 2.37. The molecule has 1 N–H and O–H groups in total. The van der Waals surface area contributed by atoms with Crippen LogP contribution in [0.1, 0.15) is 29.2 Å². The summed E-state index contributed by atoms with van der Waals surface area (Å²) in [5.74, 6) is 0.0652. The minimum absolute atomic E-state index is 0.158. The van der Waals surface area contributed by atoms with Crippen molar-refractivity contribution in [3.8, 4) is 17.0 Å². The third-order valence-electron chi connectivity index (χ3n) is 4.58. The van der Waals surface area contributed by atoms with Crippen LogP contribution in [-0.4, -0.2) is 34.7 Å². The maximum Gasteiger partial charge on any atom is 0.338 e. The second kappa shape index (κ2) is 6.62. The number of pyridine rings is 1. The molecule has 1 fully saturated rings. The van der Waals surface area contributed by atoms with Gasteiger partial charge in [-0.05, 0) is 43.3 Å². The summed E-state index contributed by atoms with van der Waals surface area (Å²) in [4.78, 5) is 32.3. The molecule has 7 nitrogen and oxygen atoms in total. The van der Waals surface area contributed by atoms with Crippen LogP contribution in [0, 0.1) is 4.77 Å². The van der Waals surface area contributed by atoms with Crippen LogP contribution < -0.4 is 10.3 Å². The Hall–Kier alpha value is -3.00. The van der Waals surface area contributed by atoms with E-state index in [1.807, 2.05) is 28.8 Å². The van der Waals surface area contributed by atoms with E-state index in [4.69, 9.17) is 26.7 Å². The summed E-state index contributed by atoms with van der Waals surface area (Å²) in [7, 11) is 2.86. The number of esters is 1. The Labute approximate surface area is 159 Å². The molecule has 0 spiro atoms. The maximum absolute atomic E-state index is 12.6. The topological polar surface area (TPSA) is 86.2 Å². The van der Waals surface area contributed by atoms with Gasteiger partial charge < -0.3 is 9.47 Å². The number of hydrogen-bond donors (Lipinski definition) is 1. The quantitative estimate of drug-likeness (QED) is 0.550. The van der Waals surface area contributed by atoms with Gasteiger partial charge >= 0.3 is 5.97 Å². The number of hydrogen-bond acceptors (Lipinski definition) is 6. The molecule has 27 heavy (non-hydrogen) atoms. The van der Waals surface area contributed by atoms with Gasteiger partial charge in [0.05, 0.1) is 30.9 Å². The zero-order chi connectivity index (χ0) is 19.1. The lowest BCUT2D eigenvalue weighted by molar-refractivity contribution is 0.0603. The van der Waals surface area contributed by atoms with Crippen LogP contribution in [-0.2, 0) is 4.74 Å². The first-order valence-corrected chi connectivity index (χ1v) is 8.86. The highest BCUT2D eigenvalue weighted by atomic mass is 32.1. The highest BCUT2D eigenvalue weighted by Gasteiger charge is 2.28. The minimum Gasteiger partial charge on any atom is -0.497 e. The number of carbonyl (C=O) groups is 1. The van der Waals surface area contributed by atoms with Gasteiger partial charge in [-0.15, -0.1) is 0 Å². The van der Waals surface area contributed by atoms with Crippen LogP contribution in [0.4, 0.5) is 0 Å². The van der Waals surface area contributed by atoms with Crippen molar-refractivity contribution >= 4 is 29.2 Å². The third-order valence-corrected chi connectivity index (χ3v) is 4.88. The molecule has 0 saturated heterocycles. The first kappa shape index (κ1) is 17.4. The number of nitrogens with zero attached hydrogens (tertiary/aromatic N) is 2. The van der Waals surface area contributed by atoms with Gasteiger partial charge in [0.2, 0.25) is 0 Å². The Morgan fingerprint density at radius 2 is 2.07 bits per heavy atom. The molecule has 8 heteroatoms. The molecule has 2 aromatic heterocycles. The lowest BCUT2D eigenvalue weighted by Crippen LogP contribution is -2.19. The van der Waals surface area contributed by atoms with Gasteiger partial charge in [0.15, 0.2) is 4.77 Å². The number of aromatic amines is 1. The zero-order valence-corrected chi connectivity index (χ0v) is 15.6. The van der Waals surface area contributed by atoms with Gasteiger partial charge in [-0.1, -0.05) is 12.1 Å². The Balaban J connectivity index is 2.09. The number of methoxy groups -OCH3 is 2. The van der Waals surface area contributed by atoms with E-state index in [9.17, 15) is 9.59 Å². The number of rotatable bonds is 4. The Bertz CT molecular complexity index is 1180. The smallest absolute Gasteiger partial charge is 0.338 e. The summed E-state index contributed by atoms with van der Waals surface area (Å²) < 4.78 is 12.3. The second-order valence-electron chi connectivity index (χ2n) is 6.34. The summed E-state index contributed by atoms with van der Waals surface area (Å²) in [6.45, 7) is 0. The van der Waals surface area contributed by atoms with E-state index < -0.39 is 11.5 Å². The molecular weight excluding hydrogens is 366 g/mol. The van der Waals surface area contributed by atoms with E-state index in [1.54, 1.807) is 13.2 Å². The maximum atomic E-state index is 12.6. The predicted molar refractivity (Wildman–Crippen MR) is 103 cm³/mol. The van der Waals surface area contributed by atoms with E-state index in [1.165, 1.54) is 7.11 Å². The van der Waals surface area contributed by atoms with Gasteiger partial charge in [-0.25, -0.2) is 9.78 Å². The SMILES string of the molecule is COC(=O)c1cc(-c2cccc(OC)c2)nc2c1c(=O)[nH]c(=S)n2C1CC1. The Morgan fingerprint density at radius 3 is 2.74 bits per heavy atom. The number of nitrogens with one attached hydrogen (secondary N) is 1. The van der Waals surface area contributed by atoms with E-state index >= 15 is 0 Å². The standard InChI is InChI=1S/C19H17N3O4S/c1-25-12-5-3-4-10(8-12)14-9-13(18(24)26-2)15-16(20-14)22(11-6-7-11)19(27)21-17(15)23/h3-5,8-9,11H,6-7H2,1-2H3,(H,21,23,27). The molecule has 0 atom stereocenters. The van der Waals surface area contributed by atoms with E-state index in [0.717, 1.165) is 18.4 Å². The van der Waals surface area contributed by atoms with Crippen molar-refractivity contribution in [2.75, 3.05) is 14.2 Å². The van der Waals surface area contributed by atoms with Crippen molar-refractivity contribution in [3.63, 3.8) is 0 Å². The average Bonchev–Trinajstić information content (AvgIpc) is 3.51. The monoisotopic (exact) mass is 383 g/mol. The van der Waals surface area contributed by atoms with Crippen molar-refractivity contribution < 1.29 is 14.3 Å². The lowest BCUT2D eigenvalue weighted by atomic mass is 10.1. The van der Waals surface area contributed by atoms with E-state index in [0.29, 0.717) is 21.9 Å². The van der Waals surface area contributed by atoms with Crippen LogP contribution in [0.2, 0.25) is 0 Å². The predicted octanol–water partition coefficient (Wildman–Crippen LogP) is 3.25. The minimum atomic E-state index is -0.600. The highest BCUT2D eigenvalue weighted by molar-refractivity contribution is 7.71. The fourth-order valence-electron chi connectivity index (χ4n) is 3.12. The number of carbonyl (C=O) groups excluding carboxylic acids is 1. The summed E-state index contributed by atoms with van der Waals surface area (Å²) in [6, 6.07) is 9.08. The third kappa shape index (κ3) is 3.02. The normalized spacial score (nSPS) is 13.6. The van der Waals surface area contributed by atoms with Gasteiger partial charge in [-0.2, -0.15) is 0 Å². The molecule has 138 valence electrons. The number of fused-ring (bicyclic) bond motifs is 1. The van der Waals surface area contributed by atoms with Crippen molar-refractivity contribution in [2.45, 2.75) is 18.9 Å². The summed E-state index contributed by atoms with van der Waals surface area (Å²) in [5.41, 5.74) is 1.40. The van der Waals surface area contributed by atoms with Gasteiger partial charge in [0.25, 0.3) is 5.56 Å². The van der Waals surface area contributed by atoms with Crippen LogP contribution in [0.25, 0.3) is 22.3 Å².